The number of hydrogen-bond donors (Lipinski definition) is 1. The van der Waals surface area contributed by atoms with Crippen LogP contribution in [0.1, 0.15) is 58.3 Å². The van der Waals surface area contributed by atoms with Crippen molar-refractivity contribution >= 4 is 21.6 Å². The maximum absolute atomic E-state index is 14.0. The van der Waals surface area contributed by atoms with Gasteiger partial charge in [-0.15, -0.1) is 10.2 Å². The number of unbranched alkanes of at least 4 members (excludes halogenated alkanes) is 6. The Morgan fingerprint density at radius 3 is 2.18 bits per heavy atom. The molecule has 0 aliphatic carbocycles. The van der Waals surface area contributed by atoms with Gasteiger partial charge in [0, 0.05) is 24.7 Å². The number of anilines is 1. The van der Waals surface area contributed by atoms with E-state index in [-0.39, 0.29) is 16.5 Å². The first kappa shape index (κ1) is 30.1. The number of amides is 2. The highest BCUT2D eigenvalue weighted by Gasteiger charge is 2.18. The highest BCUT2D eigenvalue weighted by Crippen LogP contribution is 2.19. The zero-order valence-corrected chi connectivity index (χ0v) is 23.1. The Hall–Kier alpha value is -3.40. The predicted octanol–water partition coefficient (Wildman–Crippen LogP) is 6.87. The summed E-state index contributed by atoms with van der Waals surface area (Å²) in [5, 5.41) is 10.5. The van der Waals surface area contributed by atoms with Gasteiger partial charge in [0.05, 0.1) is 17.1 Å². The van der Waals surface area contributed by atoms with E-state index in [2.05, 4.69) is 22.4 Å². The first-order chi connectivity index (χ1) is 18.8. The van der Waals surface area contributed by atoms with E-state index in [9.17, 15) is 22.0 Å². The standard InChI is InChI=1S/C29H36F2N4O3S/c1-2-3-4-5-10-19-35(29(36)32-27-16-15-24(30)22-25(27)31)20-11-7-12-21-39(37,38)28-18-17-26(33-34-28)23-13-8-6-9-14-23/h6,8-9,13-18,22H,2-5,7,10-12,19-21H2,1H3,(H,32,36). The lowest BCUT2D eigenvalue weighted by Gasteiger charge is -2.23. The summed E-state index contributed by atoms with van der Waals surface area (Å²) in [7, 11) is -3.59. The van der Waals surface area contributed by atoms with Crippen molar-refractivity contribution < 1.29 is 22.0 Å². The number of benzene rings is 2. The topological polar surface area (TPSA) is 92.3 Å². The molecule has 3 aromatic rings. The van der Waals surface area contributed by atoms with Crippen LogP contribution in [0.15, 0.2) is 65.7 Å². The number of urea groups is 1. The van der Waals surface area contributed by atoms with Crippen LogP contribution in [0.5, 0.6) is 0 Å². The van der Waals surface area contributed by atoms with Crippen LogP contribution >= 0.6 is 0 Å². The molecule has 0 aliphatic rings. The highest BCUT2D eigenvalue weighted by molar-refractivity contribution is 7.91. The molecule has 3 rings (SSSR count). The van der Waals surface area contributed by atoms with Crippen LogP contribution in [0, 0.1) is 11.6 Å². The van der Waals surface area contributed by atoms with Crippen molar-refractivity contribution in [3.05, 3.63) is 72.3 Å². The van der Waals surface area contributed by atoms with Crippen molar-refractivity contribution in [2.45, 2.75) is 63.3 Å². The molecule has 0 atom stereocenters. The van der Waals surface area contributed by atoms with Crippen molar-refractivity contribution in [3.8, 4) is 11.3 Å². The summed E-state index contributed by atoms with van der Waals surface area (Å²) in [5.41, 5.74) is 1.38. The van der Waals surface area contributed by atoms with Crippen LogP contribution < -0.4 is 5.32 Å². The second kappa shape index (κ2) is 15.3. The summed E-state index contributed by atoms with van der Waals surface area (Å²) in [6.07, 6.45) is 6.67. The second-order valence-corrected chi connectivity index (χ2v) is 11.5. The summed E-state index contributed by atoms with van der Waals surface area (Å²) in [6, 6.07) is 15.1. The number of rotatable bonds is 15. The fraction of sp³-hybridized carbons (Fsp3) is 0.414. The molecule has 0 saturated carbocycles. The van der Waals surface area contributed by atoms with Crippen molar-refractivity contribution in [1.29, 1.82) is 0 Å². The molecule has 1 N–H and O–H groups in total. The molecule has 0 saturated heterocycles. The summed E-state index contributed by atoms with van der Waals surface area (Å²) in [5.74, 6) is -1.63. The molecule has 2 amide bonds. The molecule has 0 bridgehead atoms. The maximum atomic E-state index is 14.0. The monoisotopic (exact) mass is 558 g/mol. The minimum atomic E-state index is -3.59. The molecular weight excluding hydrogens is 522 g/mol. The van der Waals surface area contributed by atoms with Crippen molar-refractivity contribution in [1.82, 2.24) is 15.1 Å². The molecule has 0 fully saturated rings. The van der Waals surface area contributed by atoms with Gasteiger partial charge in [0.1, 0.15) is 11.6 Å². The third-order valence-electron chi connectivity index (χ3n) is 6.36. The average molecular weight is 559 g/mol. The number of carbonyl (C=O) groups excluding carboxylic acids is 1. The Morgan fingerprint density at radius 2 is 1.54 bits per heavy atom. The molecule has 7 nitrogen and oxygen atoms in total. The highest BCUT2D eigenvalue weighted by atomic mass is 32.2. The van der Waals surface area contributed by atoms with E-state index in [1.807, 2.05) is 30.3 Å². The Morgan fingerprint density at radius 1 is 0.846 bits per heavy atom. The van der Waals surface area contributed by atoms with Crippen molar-refractivity contribution in [3.63, 3.8) is 0 Å². The number of nitrogens with zero attached hydrogens (tertiary/aromatic N) is 3. The van der Waals surface area contributed by atoms with E-state index < -0.39 is 27.5 Å². The summed E-state index contributed by atoms with van der Waals surface area (Å²) >= 11 is 0. The first-order valence-electron chi connectivity index (χ1n) is 13.4. The molecule has 0 aliphatic heterocycles. The summed E-state index contributed by atoms with van der Waals surface area (Å²) < 4.78 is 52.7. The van der Waals surface area contributed by atoms with Gasteiger partial charge < -0.3 is 10.2 Å². The molecule has 1 heterocycles. The smallest absolute Gasteiger partial charge is 0.321 e. The minimum Gasteiger partial charge on any atom is -0.325 e. The first-order valence-corrected chi connectivity index (χ1v) is 15.1. The van der Waals surface area contributed by atoms with E-state index in [4.69, 9.17) is 0 Å². The third kappa shape index (κ3) is 9.69. The molecule has 210 valence electrons. The molecule has 0 radical (unpaired) electrons. The van der Waals surface area contributed by atoms with Crippen molar-refractivity contribution in [2.75, 3.05) is 24.2 Å². The van der Waals surface area contributed by atoms with Gasteiger partial charge in [-0.2, -0.15) is 0 Å². The van der Waals surface area contributed by atoms with Gasteiger partial charge in [-0.05, 0) is 43.5 Å². The lowest BCUT2D eigenvalue weighted by Crippen LogP contribution is -2.36. The average Bonchev–Trinajstić information content (AvgIpc) is 2.93. The van der Waals surface area contributed by atoms with Gasteiger partial charge in [0.15, 0.2) is 14.9 Å². The number of aromatic nitrogens is 2. The van der Waals surface area contributed by atoms with Crippen molar-refractivity contribution in [2.24, 2.45) is 0 Å². The van der Waals surface area contributed by atoms with Gasteiger partial charge in [-0.3, -0.25) is 0 Å². The van der Waals surface area contributed by atoms with Crippen LogP contribution in [0.25, 0.3) is 11.3 Å². The van der Waals surface area contributed by atoms with Gasteiger partial charge >= 0.3 is 6.03 Å². The van der Waals surface area contributed by atoms with E-state index in [0.717, 1.165) is 49.8 Å². The number of hydrogen-bond acceptors (Lipinski definition) is 5. The zero-order valence-electron chi connectivity index (χ0n) is 22.3. The number of sulfone groups is 1. The quantitative estimate of drug-likeness (QED) is 0.206. The number of carbonyl (C=O) groups is 1. The van der Waals surface area contributed by atoms with Crippen LogP contribution in [0.3, 0.4) is 0 Å². The second-order valence-electron chi connectivity index (χ2n) is 9.46. The Balaban J connectivity index is 1.50. The Labute approximate surface area is 229 Å². The van der Waals surface area contributed by atoms with Crippen LogP contribution in [-0.2, 0) is 9.84 Å². The summed E-state index contributed by atoms with van der Waals surface area (Å²) in [6.45, 7) is 3.03. The van der Waals surface area contributed by atoms with Gasteiger partial charge in [0.2, 0.25) is 0 Å². The van der Waals surface area contributed by atoms with Gasteiger partial charge in [-0.25, -0.2) is 22.0 Å². The lowest BCUT2D eigenvalue weighted by molar-refractivity contribution is 0.209. The van der Waals surface area contributed by atoms with E-state index in [1.165, 1.54) is 12.1 Å². The van der Waals surface area contributed by atoms with E-state index in [1.54, 1.807) is 11.0 Å². The van der Waals surface area contributed by atoms with Gasteiger partial charge in [0.25, 0.3) is 0 Å². The van der Waals surface area contributed by atoms with E-state index >= 15 is 0 Å². The van der Waals surface area contributed by atoms with Crippen LogP contribution in [-0.4, -0.2) is 48.4 Å². The summed E-state index contributed by atoms with van der Waals surface area (Å²) in [4.78, 5) is 14.5. The van der Waals surface area contributed by atoms with Crippen LogP contribution in [0.4, 0.5) is 19.3 Å². The lowest BCUT2D eigenvalue weighted by atomic mass is 10.1. The fourth-order valence-electron chi connectivity index (χ4n) is 4.13. The molecule has 0 spiro atoms. The fourth-order valence-corrected chi connectivity index (χ4v) is 5.36. The third-order valence-corrected chi connectivity index (χ3v) is 8.04. The maximum Gasteiger partial charge on any atom is 0.321 e. The zero-order chi connectivity index (χ0) is 28.1. The van der Waals surface area contributed by atoms with E-state index in [0.29, 0.717) is 38.0 Å². The minimum absolute atomic E-state index is 0.0587. The molecule has 0 unspecified atom stereocenters. The SMILES string of the molecule is CCCCCCCN(CCCCCS(=O)(=O)c1ccc(-c2ccccc2)nn1)C(=O)Nc1ccc(F)cc1F. The molecular formula is C29H36F2N4O3S. The van der Waals surface area contributed by atoms with Gasteiger partial charge in [-0.1, -0.05) is 69.4 Å². The molecule has 39 heavy (non-hydrogen) atoms. The molecule has 1 aromatic heterocycles. The molecule has 2 aromatic carbocycles. The largest absolute Gasteiger partial charge is 0.325 e. The predicted molar refractivity (Wildman–Crippen MR) is 149 cm³/mol. The normalized spacial score (nSPS) is 11.4. The number of halogens is 2. The Bertz CT molecular complexity index is 1290. The molecule has 10 heteroatoms. The number of nitrogens with one attached hydrogen (secondary N) is 1. The Kier molecular flexibility index (Phi) is 11.8. The van der Waals surface area contributed by atoms with Crippen LogP contribution in [0.2, 0.25) is 0 Å².